The number of nitrogens with one attached hydrogen (secondary N) is 2. The molecule has 0 heterocycles. The molecule has 0 aliphatic heterocycles. The van der Waals surface area contributed by atoms with Gasteiger partial charge < -0.3 is 20.6 Å². The van der Waals surface area contributed by atoms with Gasteiger partial charge in [0.05, 0.1) is 5.92 Å². The van der Waals surface area contributed by atoms with E-state index in [2.05, 4.69) is 10.3 Å². The highest BCUT2D eigenvalue weighted by Crippen LogP contribution is 2.29. The van der Waals surface area contributed by atoms with Crippen molar-refractivity contribution in [3.05, 3.63) is 29.8 Å². The molecule has 4 unspecified atom stereocenters. The molecule has 30 heavy (non-hydrogen) atoms. The van der Waals surface area contributed by atoms with E-state index < -0.39 is 11.9 Å². The van der Waals surface area contributed by atoms with E-state index >= 15 is 0 Å². The molecule has 7 nitrogen and oxygen atoms in total. The topological polar surface area (TPSA) is 112 Å². The van der Waals surface area contributed by atoms with Gasteiger partial charge in [-0.1, -0.05) is 24.1 Å². The van der Waals surface area contributed by atoms with Gasteiger partial charge in [0.15, 0.2) is 5.92 Å². The van der Waals surface area contributed by atoms with E-state index in [4.69, 9.17) is 10.1 Å². The van der Waals surface area contributed by atoms with Crippen LogP contribution in [0.15, 0.2) is 29.3 Å². The summed E-state index contributed by atoms with van der Waals surface area (Å²) in [5, 5.41) is 20.4. The van der Waals surface area contributed by atoms with Gasteiger partial charge in [0.25, 0.3) is 0 Å². The lowest BCUT2D eigenvalue weighted by molar-refractivity contribution is -0.142. The number of hydrogen-bond acceptors (Lipinski definition) is 5. The molecule has 1 saturated carbocycles. The Morgan fingerprint density at radius 2 is 1.87 bits per heavy atom. The molecule has 2 rings (SSSR count). The van der Waals surface area contributed by atoms with E-state index in [0.29, 0.717) is 18.6 Å². The molecular formula is C23H33N3O4. The van der Waals surface area contributed by atoms with Crippen molar-refractivity contribution in [2.24, 2.45) is 22.7 Å². The lowest BCUT2D eigenvalue weighted by Gasteiger charge is -2.26. The fraction of sp³-hybridized carbons (Fsp3) is 0.565. The van der Waals surface area contributed by atoms with Crippen molar-refractivity contribution >= 4 is 23.5 Å². The molecule has 1 aliphatic carbocycles. The van der Waals surface area contributed by atoms with E-state index in [0.717, 1.165) is 24.8 Å². The molecular weight excluding hydrogens is 382 g/mol. The summed E-state index contributed by atoms with van der Waals surface area (Å²) >= 11 is 0. The van der Waals surface area contributed by atoms with E-state index in [1.165, 1.54) is 0 Å². The number of aliphatic imine (C=N–C) groups is 1. The van der Waals surface area contributed by atoms with Gasteiger partial charge in [-0.05, 0) is 64.5 Å². The van der Waals surface area contributed by atoms with Crippen molar-refractivity contribution in [2.75, 3.05) is 7.05 Å². The number of aliphatic carboxylic acids is 1. The van der Waals surface area contributed by atoms with Gasteiger partial charge in [-0.2, -0.15) is 0 Å². The first-order chi connectivity index (χ1) is 14.2. The molecule has 1 aromatic rings. The molecule has 1 amide bonds. The van der Waals surface area contributed by atoms with Gasteiger partial charge in [-0.3, -0.25) is 14.6 Å². The first-order valence-corrected chi connectivity index (χ1v) is 10.5. The Labute approximate surface area is 178 Å². The molecule has 1 aromatic carbocycles. The van der Waals surface area contributed by atoms with Gasteiger partial charge in [0.2, 0.25) is 11.8 Å². The largest absolute Gasteiger partial charge is 0.481 e. The molecule has 7 heteroatoms. The quantitative estimate of drug-likeness (QED) is 0.357. The third-order valence-electron chi connectivity index (χ3n) is 5.85. The van der Waals surface area contributed by atoms with Crippen LogP contribution in [0.2, 0.25) is 0 Å². The highest BCUT2D eigenvalue weighted by Gasteiger charge is 2.32. The maximum absolute atomic E-state index is 13.0. The highest BCUT2D eigenvalue weighted by molar-refractivity contribution is 6.18. The zero-order chi connectivity index (χ0) is 22.3. The average molecular weight is 416 g/mol. The predicted molar refractivity (Wildman–Crippen MR) is 117 cm³/mol. The third kappa shape index (κ3) is 6.40. The van der Waals surface area contributed by atoms with Crippen LogP contribution in [0, 0.1) is 30.1 Å². The second-order valence-corrected chi connectivity index (χ2v) is 8.19. The fourth-order valence-electron chi connectivity index (χ4n) is 3.96. The summed E-state index contributed by atoms with van der Waals surface area (Å²) in [4.78, 5) is 28.5. The van der Waals surface area contributed by atoms with Crippen LogP contribution in [0.3, 0.4) is 0 Å². The number of carbonyl (C=O) groups is 2. The first kappa shape index (κ1) is 23.6. The van der Waals surface area contributed by atoms with Crippen molar-refractivity contribution in [1.29, 1.82) is 5.41 Å². The van der Waals surface area contributed by atoms with Gasteiger partial charge in [-0.25, -0.2) is 0 Å². The normalized spacial score (nSPS) is 21.8. The third-order valence-corrected chi connectivity index (χ3v) is 5.85. The predicted octanol–water partition coefficient (Wildman–Crippen LogP) is 3.84. The zero-order valence-corrected chi connectivity index (χ0v) is 18.3. The minimum atomic E-state index is -0.906. The van der Waals surface area contributed by atoms with Crippen LogP contribution in [-0.2, 0) is 9.59 Å². The van der Waals surface area contributed by atoms with Crippen molar-refractivity contribution < 1.29 is 19.4 Å². The monoisotopic (exact) mass is 415 g/mol. The van der Waals surface area contributed by atoms with Crippen LogP contribution < -0.4 is 10.1 Å². The molecule has 3 N–H and O–H groups in total. The second kappa shape index (κ2) is 10.9. The molecule has 4 atom stereocenters. The molecule has 0 spiro atoms. The summed E-state index contributed by atoms with van der Waals surface area (Å²) in [5.41, 5.74) is 1.25. The second-order valence-electron chi connectivity index (χ2n) is 8.19. The molecule has 1 aliphatic rings. The Hall–Kier alpha value is -2.70. The minimum absolute atomic E-state index is 0.121. The summed E-state index contributed by atoms with van der Waals surface area (Å²) < 4.78 is 5.83. The standard InChI is InChI=1S/C23H33N3O4/c1-14-8-12-19(13-9-14)30-22(25-4)20(15(2)24)21(27)26-16(3)17-6-5-7-18(11-10-17)23(28)29/h8-9,12-13,16-18,20,24H,5-7,10-11H2,1-4H3,(H,26,27)(H,28,29). The van der Waals surface area contributed by atoms with Crippen LogP contribution in [0.4, 0.5) is 0 Å². The van der Waals surface area contributed by atoms with Crippen molar-refractivity contribution in [1.82, 2.24) is 5.32 Å². The van der Waals surface area contributed by atoms with Crippen LogP contribution >= 0.6 is 0 Å². The Kier molecular flexibility index (Phi) is 8.57. The molecule has 0 saturated heterocycles. The van der Waals surface area contributed by atoms with Crippen molar-refractivity contribution in [2.45, 2.75) is 58.9 Å². The SMILES string of the molecule is CN=C(Oc1ccc(C)cc1)C(C(C)=N)C(=O)NC(C)C1CCCC(C(=O)O)CC1. The number of carbonyl (C=O) groups excluding carboxylic acids is 1. The molecule has 1 fully saturated rings. The lowest BCUT2D eigenvalue weighted by Crippen LogP contribution is -2.46. The number of rotatable bonds is 7. The van der Waals surface area contributed by atoms with Gasteiger partial charge in [-0.15, -0.1) is 0 Å². The minimum Gasteiger partial charge on any atom is -0.481 e. The number of amides is 1. The lowest BCUT2D eigenvalue weighted by atomic mass is 9.91. The van der Waals surface area contributed by atoms with Crippen LogP contribution in [-0.4, -0.2) is 41.7 Å². The number of carboxylic acids is 1. The Bertz CT molecular complexity index is 788. The number of benzene rings is 1. The Balaban J connectivity index is 2.05. The summed E-state index contributed by atoms with van der Waals surface area (Å²) in [7, 11) is 1.55. The summed E-state index contributed by atoms with van der Waals surface area (Å²) in [6.07, 6.45) is 3.81. The Morgan fingerprint density at radius 3 is 2.43 bits per heavy atom. The van der Waals surface area contributed by atoms with E-state index in [-0.39, 0.29) is 35.4 Å². The number of aryl methyl sites for hydroxylation is 1. The first-order valence-electron chi connectivity index (χ1n) is 10.5. The molecule has 164 valence electrons. The number of carboxylic acid groups (broad SMARTS) is 1. The Morgan fingerprint density at radius 1 is 1.20 bits per heavy atom. The number of ether oxygens (including phenoxy) is 1. The highest BCUT2D eigenvalue weighted by atomic mass is 16.5. The summed E-state index contributed by atoms with van der Waals surface area (Å²) in [5.74, 6) is -1.29. The summed E-state index contributed by atoms with van der Waals surface area (Å²) in [6.45, 7) is 5.50. The molecule has 0 radical (unpaired) electrons. The summed E-state index contributed by atoms with van der Waals surface area (Å²) in [6, 6.07) is 7.31. The van der Waals surface area contributed by atoms with E-state index in [9.17, 15) is 14.7 Å². The molecule has 0 aromatic heterocycles. The number of nitrogens with zero attached hydrogens (tertiary/aromatic N) is 1. The van der Waals surface area contributed by atoms with E-state index in [1.807, 2.05) is 38.1 Å². The van der Waals surface area contributed by atoms with Crippen LogP contribution in [0.5, 0.6) is 5.75 Å². The number of hydrogen-bond donors (Lipinski definition) is 3. The molecule has 0 bridgehead atoms. The smallest absolute Gasteiger partial charge is 0.306 e. The van der Waals surface area contributed by atoms with Crippen molar-refractivity contribution in [3.63, 3.8) is 0 Å². The zero-order valence-electron chi connectivity index (χ0n) is 18.3. The van der Waals surface area contributed by atoms with Gasteiger partial charge in [0, 0.05) is 18.8 Å². The maximum atomic E-state index is 13.0. The van der Waals surface area contributed by atoms with Gasteiger partial charge >= 0.3 is 5.97 Å². The van der Waals surface area contributed by atoms with E-state index in [1.54, 1.807) is 14.0 Å². The average Bonchev–Trinajstić information content (AvgIpc) is 2.95. The van der Waals surface area contributed by atoms with Crippen LogP contribution in [0.1, 0.15) is 51.5 Å². The van der Waals surface area contributed by atoms with Crippen molar-refractivity contribution in [3.8, 4) is 5.75 Å². The van der Waals surface area contributed by atoms with Gasteiger partial charge in [0.1, 0.15) is 5.75 Å². The fourth-order valence-corrected chi connectivity index (χ4v) is 3.96. The maximum Gasteiger partial charge on any atom is 0.306 e. The van der Waals surface area contributed by atoms with Crippen LogP contribution in [0.25, 0.3) is 0 Å².